The summed E-state index contributed by atoms with van der Waals surface area (Å²) in [4.78, 5) is 12.1. The Bertz CT molecular complexity index is 850. The van der Waals surface area contributed by atoms with Gasteiger partial charge in [0.05, 0.1) is 6.42 Å². The maximum absolute atomic E-state index is 12.1. The minimum atomic E-state index is -0.264. The van der Waals surface area contributed by atoms with Gasteiger partial charge in [0.15, 0.2) is 0 Å². The average Bonchev–Trinajstić information content (AvgIpc) is 2.94. The monoisotopic (exact) mass is 304 g/mol. The van der Waals surface area contributed by atoms with Gasteiger partial charge in [-0.1, -0.05) is 60.7 Å². The third kappa shape index (κ3) is 2.66. The molecule has 0 radical (unpaired) electrons. The predicted molar refractivity (Wildman–Crippen MR) is 88.2 cm³/mol. The summed E-state index contributed by atoms with van der Waals surface area (Å²) in [6.45, 7) is 0.295. The molecule has 3 nitrogen and oxygen atoms in total. The van der Waals surface area contributed by atoms with E-state index in [0.717, 1.165) is 27.6 Å². The molecule has 0 bridgehead atoms. The highest BCUT2D eigenvalue weighted by Crippen LogP contribution is 2.42. The number of hydrogen-bond acceptors (Lipinski definition) is 3. The van der Waals surface area contributed by atoms with Crippen molar-refractivity contribution >= 4 is 16.7 Å². The van der Waals surface area contributed by atoms with Crippen LogP contribution in [0.15, 0.2) is 66.7 Å². The van der Waals surface area contributed by atoms with E-state index >= 15 is 0 Å². The average molecular weight is 304 g/mol. The molecule has 3 heteroatoms. The molecule has 4 rings (SSSR count). The predicted octanol–water partition coefficient (Wildman–Crippen LogP) is 4.41. The summed E-state index contributed by atoms with van der Waals surface area (Å²) in [5, 5.41) is 2.25. The summed E-state index contributed by atoms with van der Waals surface area (Å²) in [6.07, 6.45) is -0.0416. The van der Waals surface area contributed by atoms with Crippen LogP contribution in [0.2, 0.25) is 0 Å². The number of ether oxygens (including phenoxy) is 2. The van der Waals surface area contributed by atoms with Crippen molar-refractivity contribution in [2.45, 2.75) is 19.1 Å². The van der Waals surface area contributed by atoms with E-state index < -0.39 is 0 Å². The molecule has 0 amide bonds. The third-order valence-electron chi connectivity index (χ3n) is 4.11. The first-order valence-electron chi connectivity index (χ1n) is 7.69. The summed E-state index contributed by atoms with van der Waals surface area (Å²) in [7, 11) is 0. The molecule has 1 heterocycles. The minimum absolute atomic E-state index is 0.223. The smallest absolute Gasteiger partial charge is 0.310 e. The van der Waals surface area contributed by atoms with E-state index in [1.165, 1.54) is 0 Å². The fourth-order valence-corrected chi connectivity index (χ4v) is 3.02. The highest BCUT2D eigenvalue weighted by atomic mass is 16.5. The molecule has 1 aliphatic heterocycles. The second-order valence-corrected chi connectivity index (χ2v) is 5.66. The molecule has 0 saturated heterocycles. The van der Waals surface area contributed by atoms with Crippen LogP contribution in [-0.4, -0.2) is 5.97 Å². The van der Waals surface area contributed by atoms with E-state index in [-0.39, 0.29) is 18.5 Å². The summed E-state index contributed by atoms with van der Waals surface area (Å²) >= 11 is 0. The second-order valence-electron chi connectivity index (χ2n) is 5.66. The van der Waals surface area contributed by atoms with Gasteiger partial charge in [0.25, 0.3) is 0 Å². The standard InChI is InChI=1S/C20H16O3/c21-19(22-13-14-6-2-1-3-7-14)12-18-16-10-4-8-15-9-5-11-17(23-18)20(15)16/h1-11,18H,12-13H2. The largest absolute Gasteiger partial charge is 0.484 e. The van der Waals surface area contributed by atoms with Crippen molar-refractivity contribution in [1.29, 1.82) is 0 Å². The first-order chi connectivity index (χ1) is 11.3. The molecule has 3 aromatic carbocycles. The van der Waals surface area contributed by atoms with E-state index in [2.05, 4.69) is 12.1 Å². The van der Waals surface area contributed by atoms with E-state index in [4.69, 9.17) is 9.47 Å². The Balaban J connectivity index is 1.47. The van der Waals surface area contributed by atoms with Gasteiger partial charge in [-0.25, -0.2) is 0 Å². The molecule has 23 heavy (non-hydrogen) atoms. The number of rotatable bonds is 4. The maximum Gasteiger partial charge on any atom is 0.310 e. The van der Waals surface area contributed by atoms with Gasteiger partial charge in [-0.15, -0.1) is 0 Å². The van der Waals surface area contributed by atoms with Gasteiger partial charge in [-0.05, 0) is 17.0 Å². The van der Waals surface area contributed by atoms with Crippen LogP contribution in [0.3, 0.4) is 0 Å². The molecule has 0 N–H and O–H groups in total. The van der Waals surface area contributed by atoms with E-state index in [1.807, 2.05) is 54.6 Å². The van der Waals surface area contributed by atoms with Crippen molar-refractivity contribution in [3.63, 3.8) is 0 Å². The van der Waals surface area contributed by atoms with Crippen LogP contribution in [0.1, 0.15) is 23.7 Å². The van der Waals surface area contributed by atoms with Crippen molar-refractivity contribution < 1.29 is 14.3 Å². The van der Waals surface area contributed by atoms with E-state index in [0.29, 0.717) is 6.61 Å². The lowest BCUT2D eigenvalue weighted by Crippen LogP contribution is -2.12. The molecule has 1 unspecified atom stereocenters. The maximum atomic E-state index is 12.1. The van der Waals surface area contributed by atoms with Crippen molar-refractivity contribution in [2.24, 2.45) is 0 Å². The molecule has 3 aromatic rings. The van der Waals surface area contributed by atoms with Crippen LogP contribution in [0.4, 0.5) is 0 Å². The molecule has 0 spiro atoms. The zero-order chi connectivity index (χ0) is 15.6. The first kappa shape index (κ1) is 13.8. The van der Waals surface area contributed by atoms with Crippen LogP contribution in [0.5, 0.6) is 5.75 Å². The molecule has 114 valence electrons. The Hall–Kier alpha value is -2.81. The normalized spacial score (nSPS) is 15.4. The summed E-state index contributed by atoms with van der Waals surface area (Å²) in [5.41, 5.74) is 2.05. The van der Waals surface area contributed by atoms with Crippen LogP contribution in [0, 0.1) is 0 Å². The van der Waals surface area contributed by atoms with Crippen LogP contribution < -0.4 is 4.74 Å². The van der Waals surface area contributed by atoms with Gasteiger partial charge >= 0.3 is 5.97 Å². The Labute approximate surface area is 134 Å². The fourth-order valence-electron chi connectivity index (χ4n) is 3.02. The van der Waals surface area contributed by atoms with E-state index in [1.54, 1.807) is 0 Å². The van der Waals surface area contributed by atoms with Crippen molar-refractivity contribution in [2.75, 3.05) is 0 Å². The summed E-state index contributed by atoms with van der Waals surface area (Å²) < 4.78 is 11.3. The Kier molecular flexibility index (Phi) is 3.46. The van der Waals surface area contributed by atoms with Gasteiger partial charge in [0.2, 0.25) is 0 Å². The lowest BCUT2D eigenvalue weighted by atomic mass is 10.0. The number of carbonyl (C=O) groups is 1. The lowest BCUT2D eigenvalue weighted by molar-refractivity contribution is -0.146. The molecule has 1 atom stereocenters. The molecule has 0 aromatic heterocycles. The number of carbonyl (C=O) groups excluding carboxylic acids is 1. The molecule has 0 saturated carbocycles. The molecular weight excluding hydrogens is 288 g/mol. The quantitative estimate of drug-likeness (QED) is 0.670. The topological polar surface area (TPSA) is 35.5 Å². The number of esters is 1. The molecule has 0 aliphatic carbocycles. The lowest BCUT2D eigenvalue weighted by Gasteiger charge is -2.12. The van der Waals surface area contributed by atoms with Gasteiger partial charge in [-0.3, -0.25) is 4.79 Å². The SMILES string of the molecule is O=C(CC1Oc2cccc3cccc1c23)OCc1ccccc1. The van der Waals surface area contributed by atoms with Gasteiger partial charge in [0.1, 0.15) is 18.5 Å². The molecule has 0 fully saturated rings. The van der Waals surface area contributed by atoms with Gasteiger partial charge in [0, 0.05) is 10.9 Å². The minimum Gasteiger partial charge on any atom is -0.484 e. The highest BCUT2D eigenvalue weighted by Gasteiger charge is 2.28. The second kappa shape index (κ2) is 5.76. The van der Waals surface area contributed by atoms with Crippen molar-refractivity contribution in [3.05, 3.63) is 77.9 Å². The molecular formula is C20H16O3. The van der Waals surface area contributed by atoms with Gasteiger partial charge in [-0.2, -0.15) is 0 Å². The van der Waals surface area contributed by atoms with Crippen molar-refractivity contribution in [3.8, 4) is 5.75 Å². The Morgan fingerprint density at radius 3 is 2.57 bits per heavy atom. The van der Waals surface area contributed by atoms with Crippen molar-refractivity contribution in [1.82, 2.24) is 0 Å². The Morgan fingerprint density at radius 2 is 1.74 bits per heavy atom. The summed E-state index contributed by atoms with van der Waals surface area (Å²) in [6, 6.07) is 21.7. The van der Waals surface area contributed by atoms with Crippen LogP contribution in [0.25, 0.3) is 10.8 Å². The van der Waals surface area contributed by atoms with Crippen LogP contribution >= 0.6 is 0 Å². The van der Waals surface area contributed by atoms with Crippen LogP contribution in [-0.2, 0) is 16.1 Å². The zero-order valence-corrected chi connectivity index (χ0v) is 12.6. The first-order valence-corrected chi connectivity index (χ1v) is 7.69. The third-order valence-corrected chi connectivity index (χ3v) is 4.11. The Morgan fingerprint density at radius 1 is 0.957 bits per heavy atom. The highest BCUT2D eigenvalue weighted by molar-refractivity contribution is 5.93. The number of benzene rings is 3. The fraction of sp³-hybridized carbons (Fsp3) is 0.150. The van der Waals surface area contributed by atoms with E-state index in [9.17, 15) is 4.79 Å². The van der Waals surface area contributed by atoms with Gasteiger partial charge < -0.3 is 9.47 Å². The number of hydrogen-bond donors (Lipinski definition) is 0. The summed E-state index contributed by atoms with van der Waals surface area (Å²) in [5.74, 6) is 0.600. The zero-order valence-electron chi connectivity index (χ0n) is 12.6. The molecule has 1 aliphatic rings.